The number of likely N-dealkylation sites (tertiary alicyclic amines) is 1. The number of hydrogen-bond acceptors (Lipinski definition) is 3. The van der Waals surface area contributed by atoms with Crippen molar-refractivity contribution in [3.63, 3.8) is 0 Å². The highest BCUT2D eigenvalue weighted by Crippen LogP contribution is 2.39. The van der Waals surface area contributed by atoms with Crippen molar-refractivity contribution in [3.05, 3.63) is 53.1 Å². The van der Waals surface area contributed by atoms with E-state index in [2.05, 4.69) is 46.9 Å². The van der Waals surface area contributed by atoms with Crippen LogP contribution in [0.1, 0.15) is 68.2 Å². The van der Waals surface area contributed by atoms with Crippen molar-refractivity contribution in [1.29, 1.82) is 0 Å². The van der Waals surface area contributed by atoms with Gasteiger partial charge in [-0.2, -0.15) is 0 Å². The molecule has 2 aromatic heterocycles. The number of pyridine rings is 1. The molecule has 3 aromatic rings. The lowest BCUT2D eigenvalue weighted by Crippen LogP contribution is -2.43. The minimum Gasteiger partial charge on any atom is -0.381 e. The first kappa shape index (κ1) is 21.6. The fraction of sp³-hybridized carbons (Fsp3) is 0.519. The molecule has 32 heavy (non-hydrogen) atoms. The summed E-state index contributed by atoms with van der Waals surface area (Å²) in [6.07, 6.45) is 6.08. The fourth-order valence-electron chi connectivity index (χ4n) is 5.68. The summed E-state index contributed by atoms with van der Waals surface area (Å²) in [4.78, 5) is 10.3. The lowest BCUT2D eigenvalue weighted by Gasteiger charge is -2.39. The lowest BCUT2D eigenvalue weighted by molar-refractivity contribution is 0.0252. The molecule has 0 bridgehead atoms. The van der Waals surface area contributed by atoms with E-state index in [1.807, 2.05) is 13.0 Å². The topological polar surface area (TPSA) is 41.2 Å². The SMILES string of the molecule is Cc1cc(-c2[nH]c3ccc(C4CCN(C5CCOCC5)CC4)cc3c2C(C)C)c(F)cn1. The first-order valence-corrected chi connectivity index (χ1v) is 12.1. The predicted octanol–water partition coefficient (Wildman–Crippen LogP) is 6.16. The van der Waals surface area contributed by atoms with E-state index >= 15 is 0 Å². The van der Waals surface area contributed by atoms with E-state index < -0.39 is 0 Å². The van der Waals surface area contributed by atoms with Crippen LogP contribution >= 0.6 is 0 Å². The molecule has 0 aliphatic carbocycles. The van der Waals surface area contributed by atoms with Gasteiger partial charge < -0.3 is 14.6 Å². The van der Waals surface area contributed by atoms with E-state index in [1.54, 1.807) is 0 Å². The summed E-state index contributed by atoms with van der Waals surface area (Å²) in [6, 6.07) is 9.38. The van der Waals surface area contributed by atoms with Gasteiger partial charge in [-0.05, 0) is 86.9 Å². The third kappa shape index (κ3) is 4.08. The molecule has 4 heterocycles. The first-order chi connectivity index (χ1) is 15.5. The van der Waals surface area contributed by atoms with Gasteiger partial charge in [0.05, 0.1) is 11.9 Å². The number of fused-ring (bicyclic) bond motifs is 1. The Hall–Kier alpha value is -2.24. The quantitative estimate of drug-likeness (QED) is 0.534. The summed E-state index contributed by atoms with van der Waals surface area (Å²) in [5.41, 5.74) is 6.04. The molecule has 5 rings (SSSR count). The molecule has 4 nitrogen and oxygen atoms in total. The number of ether oxygens (including phenoxy) is 1. The number of halogens is 1. The third-order valence-corrected chi connectivity index (χ3v) is 7.41. The normalized spacial score (nSPS) is 19.3. The zero-order valence-corrected chi connectivity index (χ0v) is 19.5. The smallest absolute Gasteiger partial charge is 0.150 e. The minimum atomic E-state index is -0.273. The van der Waals surface area contributed by atoms with Crippen LogP contribution in [0, 0.1) is 12.7 Å². The van der Waals surface area contributed by atoms with Crippen molar-refractivity contribution in [1.82, 2.24) is 14.9 Å². The van der Waals surface area contributed by atoms with E-state index in [0.717, 1.165) is 30.1 Å². The van der Waals surface area contributed by atoms with Gasteiger partial charge >= 0.3 is 0 Å². The molecule has 5 heteroatoms. The average Bonchev–Trinajstić information content (AvgIpc) is 3.20. The molecule has 0 radical (unpaired) electrons. The molecule has 1 aromatic carbocycles. The average molecular weight is 436 g/mol. The van der Waals surface area contributed by atoms with Crippen molar-refractivity contribution in [2.75, 3.05) is 26.3 Å². The fourth-order valence-corrected chi connectivity index (χ4v) is 5.68. The number of H-pyrrole nitrogens is 1. The van der Waals surface area contributed by atoms with Crippen molar-refractivity contribution in [2.45, 2.75) is 64.3 Å². The molecule has 0 spiro atoms. The summed E-state index contributed by atoms with van der Waals surface area (Å²) in [5, 5.41) is 1.23. The van der Waals surface area contributed by atoms with Crippen LogP contribution in [-0.2, 0) is 4.74 Å². The van der Waals surface area contributed by atoms with Gasteiger partial charge in [-0.1, -0.05) is 19.9 Å². The summed E-state index contributed by atoms with van der Waals surface area (Å²) >= 11 is 0. The van der Waals surface area contributed by atoms with Crippen LogP contribution in [-0.4, -0.2) is 47.2 Å². The molecule has 0 saturated carbocycles. The highest BCUT2D eigenvalue weighted by Gasteiger charge is 2.28. The maximum atomic E-state index is 14.7. The molecule has 2 saturated heterocycles. The highest BCUT2D eigenvalue weighted by atomic mass is 19.1. The van der Waals surface area contributed by atoms with E-state index in [0.29, 0.717) is 17.5 Å². The van der Waals surface area contributed by atoms with Crippen LogP contribution in [0.4, 0.5) is 4.39 Å². The third-order valence-electron chi connectivity index (χ3n) is 7.41. The second-order valence-corrected chi connectivity index (χ2v) is 9.83. The van der Waals surface area contributed by atoms with Gasteiger partial charge in [0.15, 0.2) is 5.82 Å². The molecule has 170 valence electrons. The van der Waals surface area contributed by atoms with Gasteiger partial charge in [0.1, 0.15) is 0 Å². The highest BCUT2D eigenvalue weighted by molar-refractivity contribution is 5.92. The number of aryl methyl sites for hydroxylation is 1. The van der Waals surface area contributed by atoms with Crippen molar-refractivity contribution in [2.24, 2.45) is 0 Å². The number of aromatic nitrogens is 2. The predicted molar refractivity (Wildman–Crippen MR) is 128 cm³/mol. The number of nitrogens with zero attached hydrogens (tertiary/aromatic N) is 2. The molecule has 2 aliphatic heterocycles. The van der Waals surface area contributed by atoms with Gasteiger partial charge in [-0.25, -0.2) is 4.39 Å². The summed E-state index contributed by atoms with van der Waals surface area (Å²) in [6.45, 7) is 10.5. The summed E-state index contributed by atoms with van der Waals surface area (Å²) in [7, 11) is 0. The van der Waals surface area contributed by atoms with Crippen LogP contribution < -0.4 is 0 Å². The Morgan fingerprint density at radius 1 is 1.09 bits per heavy atom. The van der Waals surface area contributed by atoms with Crippen molar-refractivity contribution in [3.8, 4) is 11.3 Å². The molecule has 0 atom stereocenters. The maximum absolute atomic E-state index is 14.7. The van der Waals surface area contributed by atoms with Crippen LogP contribution in [0.2, 0.25) is 0 Å². The number of piperidine rings is 1. The van der Waals surface area contributed by atoms with Gasteiger partial charge in [0.2, 0.25) is 0 Å². The molecule has 0 amide bonds. The Morgan fingerprint density at radius 2 is 1.84 bits per heavy atom. The van der Waals surface area contributed by atoms with E-state index in [9.17, 15) is 4.39 Å². The number of hydrogen-bond donors (Lipinski definition) is 1. The monoisotopic (exact) mass is 435 g/mol. The van der Waals surface area contributed by atoms with Gasteiger partial charge in [-0.15, -0.1) is 0 Å². The molecule has 2 fully saturated rings. The minimum absolute atomic E-state index is 0.273. The summed E-state index contributed by atoms with van der Waals surface area (Å²) in [5.74, 6) is 0.607. The van der Waals surface area contributed by atoms with Crippen LogP contribution in [0.15, 0.2) is 30.5 Å². The zero-order valence-electron chi connectivity index (χ0n) is 19.5. The first-order valence-electron chi connectivity index (χ1n) is 12.1. The molecule has 1 N–H and O–H groups in total. The summed E-state index contributed by atoms with van der Waals surface area (Å²) < 4.78 is 20.2. The number of aromatic amines is 1. The second kappa shape index (κ2) is 8.95. The number of benzene rings is 1. The van der Waals surface area contributed by atoms with Crippen molar-refractivity contribution < 1.29 is 9.13 Å². The Labute approximate surface area is 190 Å². The second-order valence-electron chi connectivity index (χ2n) is 9.83. The molecular formula is C27H34FN3O. The van der Waals surface area contributed by atoms with Crippen LogP contribution in [0.3, 0.4) is 0 Å². The molecule has 0 unspecified atom stereocenters. The number of nitrogens with one attached hydrogen (secondary N) is 1. The van der Waals surface area contributed by atoms with Crippen molar-refractivity contribution >= 4 is 10.9 Å². The van der Waals surface area contributed by atoms with Crippen LogP contribution in [0.5, 0.6) is 0 Å². The Bertz CT molecular complexity index is 1090. The molecule has 2 aliphatic rings. The Kier molecular flexibility index (Phi) is 6.04. The van der Waals surface area contributed by atoms with E-state index in [4.69, 9.17) is 4.74 Å². The molecular weight excluding hydrogens is 401 g/mol. The van der Waals surface area contributed by atoms with Gasteiger partial charge in [-0.3, -0.25) is 4.98 Å². The number of rotatable bonds is 4. The van der Waals surface area contributed by atoms with E-state index in [1.165, 1.54) is 61.5 Å². The maximum Gasteiger partial charge on any atom is 0.150 e. The zero-order chi connectivity index (χ0) is 22.2. The lowest BCUT2D eigenvalue weighted by atomic mass is 9.86. The standard InChI is InChI=1S/C27H34FN3O/c1-17(2)26-23-15-20(19-6-10-31(11-7-19)21-8-12-32-13-9-21)4-5-25(23)30-27(26)22-14-18(3)29-16-24(22)28/h4-5,14-17,19,21,30H,6-13H2,1-3H3. The Morgan fingerprint density at radius 3 is 2.56 bits per heavy atom. The van der Waals surface area contributed by atoms with E-state index in [-0.39, 0.29) is 11.7 Å². The van der Waals surface area contributed by atoms with Gasteiger partial charge in [0, 0.05) is 41.4 Å². The van der Waals surface area contributed by atoms with Crippen LogP contribution in [0.25, 0.3) is 22.2 Å². The Balaban J connectivity index is 1.44. The van der Waals surface area contributed by atoms with Gasteiger partial charge in [0.25, 0.3) is 0 Å². The largest absolute Gasteiger partial charge is 0.381 e.